The van der Waals surface area contributed by atoms with Crippen molar-refractivity contribution in [2.45, 2.75) is 24.5 Å². The zero-order valence-electron chi connectivity index (χ0n) is 11.6. The Bertz CT molecular complexity index is 763. The first-order chi connectivity index (χ1) is 10.8. The molecule has 0 saturated carbocycles. The predicted molar refractivity (Wildman–Crippen MR) is 72.4 cm³/mol. The number of nitrogens with one attached hydrogen (secondary N) is 1. The molecule has 126 valence electrons. The molecule has 0 radical (unpaired) electrons. The van der Waals surface area contributed by atoms with E-state index in [-0.39, 0.29) is 5.82 Å². The molecule has 0 aliphatic carbocycles. The summed E-state index contributed by atoms with van der Waals surface area (Å²) in [6.45, 7) is -0.592. The number of aromatic nitrogens is 4. The van der Waals surface area contributed by atoms with Crippen LogP contribution in [0.3, 0.4) is 0 Å². The molecule has 4 atom stereocenters. The lowest BCUT2D eigenvalue weighted by atomic mass is 10.1. The van der Waals surface area contributed by atoms with Crippen LogP contribution in [0.1, 0.15) is 6.23 Å². The number of aliphatic hydroxyl groups is 2. The van der Waals surface area contributed by atoms with Crippen molar-refractivity contribution in [3.05, 3.63) is 12.7 Å². The van der Waals surface area contributed by atoms with Gasteiger partial charge in [-0.05, 0) is 0 Å². The van der Waals surface area contributed by atoms with Crippen LogP contribution >= 0.6 is 7.82 Å². The standard InChI is InChI=1S/C10H14N5O7P/c11-8-5-9(13-2-12-5)15(3-14-8)10-7(17)6(16)4(22-10)1-21-23(18,19)20/h2-4,6-7,10,16-17H,1H2,(H4,11,12,13,18,19,20)/p+1/t4-,6+,7-,10+/m0/s1. The van der Waals surface area contributed by atoms with Gasteiger partial charge in [-0.2, -0.15) is 0 Å². The lowest BCUT2D eigenvalue weighted by Gasteiger charge is -2.14. The van der Waals surface area contributed by atoms with Crippen LogP contribution in [-0.4, -0.2) is 59.9 Å². The van der Waals surface area contributed by atoms with Crippen molar-refractivity contribution in [1.29, 1.82) is 0 Å². The molecule has 2 aromatic rings. The number of rotatable bonds is 4. The van der Waals surface area contributed by atoms with E-state index in [1.54, 1.807) is 0 Å². The third-order valence-corrected chi connectivity index (χ3v) is 3.95. The maximum Gasteiger partial charge on any atom is 0.469 e. The Morgan fingerprint density at radius 3 is 2.83 bits per heavy atom. The summed E-state index contributed by atoms with van der Waals surface area (Å²) in [6, 6.07) is 0. The number of nitrogens with two attached hydrogens (primary N) is 1. The van der Waals surface area contributed by atoms with Crippen LogP contribution in [0.4, 0.5) is 5.82 Å². The predicted octanol–water partition coefficient (Wildman–Crippen LogP) is -2.44. The minimum absolute atomic E-state index is 0.197. The number of ether oxygens (including phenoxy) is 1. The van der Waals surface area contributed by atoms with Gasteiger partial charge in [0.25, 0.3) is 5.65 Å². The second-order valence-electron chi connectivity index (χ2n) is 4.97. The van der Waals surface area contributed by atoms with Gasteiger partial charge in [0.05, 0.1) is 6.61 Å². The van der Waals surface area contributed by atoms with E-state index in [0.29, 0.717) is 11.2 Å². The fourth-order valence-electron chi connectivity index (χ4n) is 2.37. The molecule has 0 amide bonds. The number of H-pyrrole nitrogens is 1. The number of fused-ring (bicyclic) bond motifs is 1. The summed E-state index contributed by atoms with van der Waals surface area (Å²) in [6.07, 6.45) is -2.34. The van der Waals surface area contributed by atoms with Crippen molar-refractivity contribution in [3.8, 4) is 0 Å². The fourth-order valence-corrected chi connectivity index (χ4v) is 2.71. The summed E-state index contributed by atoms with van der Waals surface area (Å²) >= 11 is 0. The molecule has 1 saturated heterocycles. The van der Waals surface area contributed by atoms with Gasteiger partial charge >= 0.3 is 7.82 Å². The SMILES string of the molecule is Nc1nc[n+]([C@@H]2O[C@@H](COP(=O)(O)O)[C@@H](O)[C@@H]2O)c2nc[nH]c12. The first-order valence-corrected chi connectivity index (χ1v) is 8.01. The van der Waals surface area contributed by atoms with Crippen LogP contribution in [-0.2, 0) is 13.8 Å². The number of imidazole rings is 1. The van der Waals surface area contributed by atoms with E-state index in [0.717, 1.165) is 0 Å². The fraction of sp³-hybridized carbons (Fsp3) is 0.500. The molecule has 0 aromatic carbocycles. The maximum atomic E-state index is 10.7. The van der Waals surface area contributed by atoms with Gasteiger partial charge in [0.15, 0.2) is 11.8 Å². The summed E-state index contributed by atoms with van der Waals surface area (Å²) in [5, 5.41) is 20.1. The van der Waals surface area contributed by atoms with Gasteiger partial charge < -0.3 is 35.5 Å². The lowest BCUT2D eigenvalue weighted by molar-refractivity contribution is -0.747. The van der Waals surface area contributed by atoms with Gasteiger partial charge in [0, 0.05) is 0 Å². The smallest absolute Gasteiger partial charge is 0.387 e. The highest BCUT2D eigenvalue weighted by Crippen LogP contribution is 2.37. The Labute approximate surface area is 128 Å². The first-order valence-electron chi connectivity index (χ1n) is 6.48. The monoisotopic (exact) mass is 348 g/mol. The summed E-state index contributed by atoms with van der Waals surface area (Å²) in [5.41, 5.74) is 6.46. The van der Waals surface area contributed by atoms with Crippen LogP contribution in [0.15, 0.2) is 12.7 Å². The molecule has 23 heavy (non-hydrogen) atoms. The highest BCUT2D eigenvalue weighted by atomic mass is 31.2. The Kier molecular flexibility index (Phi) is 4.06. The number of nitrogens with zero attached hydrogens (tertiary/aromatic N) is 3. The lowest BCUT2D eigenvalue weighted by Crippen LogP contribution is -2.47. The second-order valence-corrected chi connectivity index (χ2v) is 6.21. The first kappa shape index (κ1) is 16.2. The Morgan fingerprint density at radius 1 is 1.39 bits per heavy atom. The summed E-state index contributed by atoms with van der Waals surface area (Å²) in [7, 11) is -4.72. The second kappa shape index (κ2) is 5.76. The third-order valence-electron chi connectivity index (χ3n) is 3.46. The minimum Gasteiger partial charge on any atom is -0.387 e. The highest BCUT2D eigenvalue weighted by Gasteiger charge is 2.47. The zero-order valence-corrected chi connectivity index (χ0v) is 12.4. The largest absolute Gasteiger partial charge is 0.469 e. The van der Waals surface area contributed by atoms with Crippen molar-refractivity contribution in [2.24, 2.45) is 0 Å². The summed E-state index contributed by atoms with van der Waals surface area (Å²) in [4.78, 5) is 28.2. The van der Waals surface area contributed by atoms with Crippen LogP contribution in [0.25, 0.3) is 11.2 Å². The summed E-state index contributed by atoms with van der Waals surface area (Å²) in [5.74, 6) is 0.197. The molecule has 0 spiro atoms. The molecular formula is C10H15N5O7P+. The van der Waals surface area contributed by atoms with Crippen molar-refractivity contribution in [3.63, 3.8) is 0 Å². The van der Waals surface area contributed by atoms with E-state index >= 15 is 0 Å². The summed E-state index contributed by atoms with van der Waals surface area (Å²) < 4.78 is 21.8. The number of phosphoric acid groups is 1. The Hall–Kier alpha value is -1.66. The molecule has 0 bridgehead atoms. The van der Waals surface area contributed by atoms with E-state index in [2.05, 4.69) is 19.5 Å². The van der Waals surface area contributed by atoms with Crippen LogP contribution in [0.5, 0.6) is 0 Å². The van der Waals surface area contributed by atoms with Crippen molar-refractivity contribution < 1.29 is 38.4 Å². The van der Waals surface area contributed by atoms with E-state index in [1.165, 1.54) is 17.2 Å². The van der Waals surface area contributed by atoms with Crippen molar-refractivity contribution >= 4 is 24.8 Å². The topological polar surface area (TPSA) is 188 Å². The molecule has 7 N–H and O–H groups in total. The number of hydrogen-bond donors (Lipinski definition) is 6. The number of anilines is 1. The van der Waals surface area contributed by atoms with E-state index < -0.39 is 39.0 Å². The van der Waals surface area contributed by atoms with E-state index in [4.69, 9.17) is 20.3 Å². The molecule has 1 fully saturated rings. The van der Waals surface area contributed by atoms with Gasteiger partial charge in [0.2, 0.25) is 18.4 Å². The van der Waals surface area contributed by atoms with Crippen LogP contribution in [0, 0.1) is 0 Å². The van der Waals surface area contributed by atoms with Gasteiger partial charge in [-0.3, -0.25) is 4.52 Å². The number of hydrogen-bond acceptors (Lipinski definition) is 8. The van der Waals surface area contributed by atoms with Crippen molar-refractivity contribution in [1.82, 2.24) is 15.0 Å². The number of nitrogen functional groups attached to an aromatic ring is 1. The zero-order chi connectivity index (χ0) is 16.8. The molecule has 1 aliphatic heterocycles. The van der Waals surface area contributed by atoms with Gasteiger partial charge in [-0.1, -0.05) is 9.97 Å². The molecule has 0 unspecified atom stereocenters. The molecule has 3 heterocycles. The Balaban J connectivity index is 1.87. The highest BCUT2D eigenvalue weighted by molar-refractivity contribution is 7.46. The molecule has 1 aliphatic rings. The number of aromatic amines is 1. The molecule has 3 rings (SSSR count). The van der Waals surface area contributed by atoms with E-state index in [1.807, 2.05) is 0 Å². The van der Waals surface area contributed by atoms with E-state index in [9.17, 15) is 14.8 Å². The molecule has 13 heteroatoms. The van der Waals surface area contributed by atoms with Gasteiger partial charge in [0.1, 0.15) is 18.3 Å². The van der Waals surface area contributed by atoms with Gasteiger partial charge in [-0.25, -0.2) is 9.13 Å². The Morgan fingerprint density at radius 2 is 2.13 bits per heavy atom. The molecule has 2 aromatic heterocycles. The van der Waals surface area contributed by atoms with Crippen LogP contribution < -0.4 is 10.3 Å². The van der Waals surface area contributed by atoms with Gasteiger partial charge in [-0.15, -0.1) is 0 Å². The number of phosphoric ester groups is 1. The maximum absolute atomic E-state index is 10.7. The van der Waals surface area contributed by atoms with Crippen LogP contribution in [0.2, 0.25) is 0 Å². The average molecular weight is 348 g/mol. The quantitative estimate of drug-likeness (QED) is 0.256. The third kappa shape index (κ3) is 3.05. The average Bonchev–Trinajstić information content (AvgIpc) is 3.06. The van der Waals surface area contributed by atoms with Crippen molar-refractivity contribution in [2.75, 3.05) is 12.3 Å². The minimum atomic E-state index is -4.72. The molecule has 12 nitrogen and oxygen atoms in total. The normalized spacial score (nSPS) is 28.5. The molecular weight excluding hydrogens is 333 g/mol. The number of aliphatic hydroxyl groups excluding tert-OH is 2.